The number of carbonyl (C=O) groups is 2. The molecule has 6 nitrogen and oxygen atoms in total. The lowest BCUT2D eigenvalue weighted by atomic mass is 9.93. The molecule has 1 amide bonds. The van der Waals surface area contributed by atoms with Crippen LogP contribution in [-0.2, 0) is 20.7 Å². The van der Waals surface area contributed by atoms with E-state index in [2.05, 4.69) is 24.0 Å². The van der Waals surface area contributed by atoms with Crippen LogP contribution in [0.1, 0.15) is 53.6 Å². The Bertz CT molecular complexity index is 1660. The number of nitrogens with zero attached hydrogens (tertiary/aromatic N) is 3. The number of hydrogen-bond acceptors (Lipinski definition) is 5. The van der Waals surface area contributed by atoms with Crippen LogP contribution in [-0.4, -0.2) is 47.1 Å². The Kier molecular flexibility index (Phi) is 7.57. The van der Waals surface area contributed by atoms with E-state index in [-0.39, 0.29) is 30.3 Å². The molecule has 42 heavy (non-hydrogen) atoms. The van der Waals surface area contributed by atoms with Gasteiger partial charge in [0.1, 0.15) is 17.3 Å². The second-order valence-corrected chi connectivity index (χ2v) is 10.6. The van der Waals surface area contributed by atoms with Gasteiger partial charge in [-0.1, -0.05) is 66.7 Å². The smallest absolute Gasteiger partial charge is 0.330 e. The lowest BCUT2D eigenvalue weighted by Crippen LogP contribution is -2.43. The predicted molar refractivity (Wildman–Crippen MR) is 162 cm³/mol. The summed E-state index contributed by atoms with van der Waals surface area (Å²) in [6.45, 7) is 5.19. The fourth-order valence-corrected chi connectivity index (χ4v) is 5.94. The highest BCUT2D eigenvalue weighted by molar-refractivity contribution is 6.45. The molecule has 0 fully saturated rings. The van der Waals surface area contributed by atoms with Crippen LogP contribution in [0.15, 0.2) is 102 Å². The van der Waals surface area contributed by atoms with Crippen molar-refractivity contribution in [2.75, 3.05) is 19.7 Å². The molecular formula is C35H32FN3O3. The zero-order chi connectivity index (χ0) is 29.2. The molecule has 3 aromatic rings. The van der Waals surface area contributed by atoms with Crippen molar-refractivity contribution >= 4 is 29.4 Å². The van der Waals surface area contributed by atoms with Gasteiger partial charge >= 0.3 is 5.97 Å². The van der Waals surface area contributed by atoms with E-state index >= 15 is 4.39 Å². The van der Waals surface area contributed by atoms with Crippen LogP contribution in [0.2, 0.25) is 0 Å². The molecule has 0 saturated carbocycles. The molecule has 1 unspecified atom stereocenters. The van der Waals surface area contributed by atoms with E-state index in [1.165, 1.54) is 23.3 Å². The Labute approximate surface area is 245 Å². The van der Waals surface area contributed by atoms with E-state index in [0.717, 1.165) is 17.7 Å². The van der Waals surface area contributed by atoms with Crippen molar-refractivity contribution in [2.24, 2.45) is 4.99 Å². The second kappa shape index (κ2) is 11.6. The van der Waals surface area contributed by atoms with E-state index in [1.54, 1.807) is 25.1 Å². The molecule has 0 saturated heterocycles. The predicted octanol–water partition coefficient (Wildman–Crippen LogP) is 6.28. The van der Waals surface area contributed by atoms with E-state index < -0.39 is 5.97 Å². The van der Waals surface area contributed by atoms with E-state index in [9.17, 15) is 9.59 Å². The Morgan fingerprint density at radius 1 is 1.05 bits per heavy atom. The topological polar surface area (TPSA) is 62.2 Å². The standard InChI is InChI=1S/C35H32FN3O3/c1-3-42-34(40)16-14-24-13-15-29(30(36)19-24)27-20-33-37-31(21-32(39(33)22-27)26-10-5-4-6-11-26)35(41)38-18-17-25-9-7-8-12-28(25)23(38)2/h4-16,19-21,23,27H,3,17-18,22H2,1-2H3/b16-14+/t23-,27?/m1/s1. The fourth-order valence-electron chi connectivity index (χ4n) is 5.94. The number of hydrogen-bond donors (Lipinski definition) is 0. The zero-order valence-corrected chi connectivity index (χ0v) is 23.7. The monoisotopic (exact) mass is 561 g/mol. The number of fused-ring (bicyclic) bond motifs is 2. The minimum atomic E-state index is -0.467. The highest BCUT2D eigenvalue weighted by Crippen LogP contribution is 2.39. The summed E-state index contributed by atoms with van der Waals surface area (Å²) in [5.74, 6) is -0.576. The van der Waals surface area contributed by atoms with Crippen molar-refractivity contribution in [3.8, 4) is 0 Å². The molecule has 0 aromatic heterocycles. The maximum absolute atomic E-state index is 15.4. The molecule has 212 valence electrons. The summed E-state index contributed by atoms with van der Waals surface area (Å²) in [5, 5.41) is 0. The first kappa shape index (κ1) is 27.4. The maximum atomic E-state index is 15.4. The highest BCUT2D eigenvalue weighted by Gasteiger charge is 2.35. The molecule has 6 rings (SSSR count). The van der Waals surface area contributed by atoms with Gasteiger partial charge in [-0.25, -0.2) is 14.2 Å². The summed E-state index contributed by atoms with van der Waals surface area (Å²) in [7, 11) is 0. The van der Waals surface area contributed by atoms with Crippen LogP contribution in [0.5, 0.6) is 0 Å². The number of ether oxygens (including phenoxy) is 1. The minimum Gasteiger partial charge on any atom is -0.463 e. The average Bonchev–Trinajstić information content (AvgIpc) is 3.44. The summed E-state index contributed by atoms with van der Waals surface area (Å²) in [6.07, 6.45) is 7.44. The fraction of sp³-hybridized carbons (Fsp3) is 0.229. The van der Waals surface area contributed by atoms with Gasteiger partial charge in [-0.3, -0.25) is 4.79 Å². The molecule has 0 N–H and O–H groups in total. The maximum Gasteiger partial charge on any atom is 0.330 e. The lowest BCUT2D eigenvalue weighted by molar-refractivity contribution is -0.137. The van der Waals surface area contributed by atoms with E-state index in [1.807, 2.05) is 59.5 Å². The minimum absolute atomic E-state index is 0.0625. The van der Waals surface area contributed by atoms with Crippen LogP contribution in [0.25, 0.3) is 11.8 Å². The molecular weight excluding hydrogens is 529 g/mol. The Balaban J connectivity index is 1.31. The van der Waals surface area contributed by atoms with Gasteiger partial charge < -0.3 is 14.5 Å². The van der Waals surface area contributed by atoms with Crippen LogP contribution in [0.4, 0.5) is 4.39 Å². The van der Waals surface area contributed by atoms with Gasteiger partial charge in [-0.15, -0.1) is 0 Å². The third-order valence-electron chi connectivity index (χ3n) is 8.07. The zero-order valence-electron chi connectivity index (χ0n) is 23.7. The largest absolute Gasteiger partial charge is 0.463 e. The van der Waals surface area contributed by atoms with Gasteiger partial charge in [-0.2, -0.15) is 0 Å². The molecule has 7 heteroatoms. The Hall–Kier alpha value is -4.78. The van der Waals surface area contributed by atoms with E-state index in [4.69, 9.17) is 9.73 Å². The van der Waals surface area contributed by atoms with Crippen molar-refractivity contribution in [3.05, 3.63) is 130 Å². The van der Waals surface area contributed by atoms with Gasteiger partial charge in [0.05, 0.1) is 18.3 Å². The van der Waals surface area contributed by atoms with Gasteiger partial charge in [0.25, 0.3) is 5.91 Å². The second-order valence-electron chi connectivity index (χ2n) is 10.6. The summed E-state index contributed by atoms with van der Waals surface area (Å²) in [4.78, 5) is 34.4. The number of carbonyl (C=O) groups excluding carboxylic acids is 2. The quantitative estimate of drug-likeness (QED) is 0.262. The summed E-state index contributed by atoms with van der Waals surface area (Å²) < 4.78 is 20.3. The molecule has 0 bridgehead atoms. The lowest BCUT2D eigenvalue weighted by Gasteiger charge is -2.36. The third-order valence-corrected chi connectivity index (χ3v) is 8.07. The van der Waals surface area contributed by atoms with Gasteiger partial charge in [0, 0.05) is 25.1 Å². The Morgan fingerprint density at radius 2 is 1.83 bits per heavy atom. The SMILES string of the molecule is CCOC(=O)/C=C/c1ccc(C2C=C3N=C(C(=O)N4CCc5ccccc5[C@H]4C)C=C(c4ccccc4)N3C2)c(F)c1. The average molecular weight is 562 g/mol. The molecule has 3 aliphatic rings. The molecule has 3 aliphatic heterocycles. The number of halogens is 1. The van der Waals surface area contributed by atoms with Crippen molar-refractivity contribution < 1.29 is 18.7 Å². The third kappa shape index (κ3) is 5.30. The number of amides is 1. The van der Waals surface area contributed by atoms with Gasteiger partial charge in [-0.05, 0) is 72.4 Å². The molecule has 0 aliphatic carbocycles. The Morgan fingerprint density at radius 3 is 2.62 bits per heavy atom. The van der Waals surface area contributed by atoms with Gasteiger partial charge in [0.2, 0.25) is 0 Å². The van der Waals surface area contributed by atoms with Gasteiger partial charge in [0.15, 0.2) is 0 Å². The van der Waals surface area contributed by atoms with Crippen LogP contribution < -0.4 is 0 Å². The number of esters is 1. The summed E-state index contributed by atoms with van der Waals surface area (Å²) in [5.41, 5.74) is 5.74. The van der Waals surface area contributed by atoms with Crippen molar-refractivity contribution in [1.29, 1.82) is 0 Å². The molecule has 3 aromatic carbocycles. The number of benzene rings is 3. The van der Waals surface area contributed by atoms with E-state index in [0.29, 0.717) is 35.7 Å². The first-order chi connectivity index (χ1) is 20.4. The van der Waals surface area contributed by atoms with Crippen molar-refractivity contribution in [3.63, 3.8) is 0 Å². The number of rotatable bonds is 6. The molecule has 0 spiro atoms. The molecule has 2 atom stereocenters. The van der Waals surface area contributed by atoms with Crippen LogP contribution in [0.3, 0.4) is 0 Å². The van der Waals surface area contributed by atoms with Crippen molar-refractivity contribution in [2.45, 2.75) is 32.2 Å². The molecule has 0 radical (unpaired) electrons. The van der Waals surface area contributed by atoms with Crippen LogP contribution >= 0.6 is 0 Å². The summed E-state index contributed by atoms with van der Waals surface area (Å²) >= 11 is 0. The highest BCUT2D eigenvalue weighted by atomic mass is 19.1. The first-order valence-electron chi connectivity index (χ1n) is 14.3. The molecule has 3 heterocycles. The van der Waals surface area contributed by atoms with Crippen LogP contribution in [0, 0.1) is 5.82 Å². The van der Waals surface area contributed by atoms with Crippen molar-refractivity contribution in [1.82, 2.24) is 9.80 Å². The number of aliphatic imine (C=N–C) groups is 1. The first-order valence-corrected chi connectivity index (χ1v) is 14.3. The normalized spacial score (nSPS) is 19.5. The summed E-state index contributed by atoms with van der Waals surface area (Å²) in [6, 6.07) is 23.1.